The van der Waals surface area contributed by atoms with E-state index in [-0.39, 0.29) is 7.25 Å². The van der Waals surface area contributed by atoms with E-state index in [1.165, 1.54) is 33.4 Å². The average molecular weight is 508 g/mol. The maximum atomic E-state index is 8.10. The number of fused-ring (bicyclic) bond motifs is 2. The quantitative estimate of drug-likeness (QED) is 0.359. The summed E-state index contributed by atoms with van der Waals surface area (Å²) in [5, 5.41) is 0. The van der Waals surface area contributed by atoms with Crippen LogP contribution < -0.4 is 0 Å². The molecule has 4 rings (SSSR count). The van der Waals surface area contributed by atoms with E-state index < -0.39 is 21.5 Å². The number of hydrogen-bond donors (Lipinski definition) is 0. The number of allylic oxidation sites excluding steroid dienone is 2. The van der Waals surface area contributed by atoms with Crippen molar-refractivity contribution in [2.24, 2.45) is 0 Å². The first-order chi connectivity index (χ1) is 13.3. The van der Waals surface area contributed by atoms with Gasteiger partial charge in [-0.1, -0.05) is 0 Å². The average Bonchev–Trinajstić information content (AvgIpc) is 3.26. The third-order valence-corrected chi connectivity index (χ3v) is 58.9. The molecule has 4 heteroatoms. The molecule has 2 unspecified atom stereocenters. The Hall–Kier alpha value is -0.400. The van der Waals surface area contributed by atoms with E-state index in [1.54, 1.807) is 0 Å². The molecule has 0 aromatic heterocycles. The molecule has 0 aliphatic heterocycles. The van der Waals surface area contributed by atoms with Gasteiger partial charge >= 0.3 is 180 Å². The molecule has 0 fully saturated rings. The first kappa shape index (κ1) is 20.9. The van der Waals surface area contributed by atoms with Gasteiger partial charge in [-0.15, -0.1) is 0 Å². The summed E-state index contributed by atoms with van der Waals surface area (Å²) in [6, 6.07) is 17.6. The van der Waals surface area contributed by atoms with Crippen LogP contribution in [0, 0.1) is 0 Å². The summed E-state index contributed by atoms with van der Waals surface area (Å²) in [7, 11) is 16.2. The van der Waals surface area contributed by atoms with Crippen LogP contribution in [-0.2, 0) is 15.6 Å². The second kappa shape index (κ2) is 7.38. The fourth-order valence-electron chi connectivity index (χ4n) is 5.52. The van der Waals surface area contributed by atoms with Gasteiger partial charge in [0.25, 0.3) is 0 Å². The summed E-state index contributed by atoms with van der Waals surface area (Å²) < 4.78 is 0.479. The van der Waals surface area contributed by atoms with Crippen molar-refractivity contribution in [3.8, 4) is 0 Å². The van der Waals surface area contributed by atoms with Crippen molar-refractivity contribution in [2.75, 3.05) is 0 Å². The van der Waals surface area contributed by atoms with Crippen LogP contribution in [0.5, 0.6) is 0 Å². The fraction of sp³-hybridized carbons (Fsp3) is 0.333. The van der Waals surface area contributed by atoms with Gasteiger partial charge in [-0.05, 0) is 0 Å². The van der Waals surface area contributed by atoms with Gasteiger partial charge in [-0.25, -0.2) is 0 Å². The Morgan fingerprint density at radius 3 is 1.50 bits per heavy atom. The predicted octanol–water partition coefficient (Wildman–Crippen LogP) is 8.06. The summed E-state index contributed by atoms with van der Waals surface area (Å²) in [5.74, 6) is -1.39. The molecule has 2 aromatic rings. The second-order valence-electron chi connectivity index (χ2n) is 8.65. The minimum atomic E-state index is -4.37. The van der Waals surface area contributed by atoms with Crippen LogP contribution in [0.15, 0.2) is 59.7 Å². The molecule has 0 saturated heterocycles. The zero-order valence-corrected chi connectivity index (χ0v) is 22.3. The first-order valence-electron chi connectivity index (χ1n) is 10.5. The second-order valence-corrected chi connectivity index (χ2v) is 51.2. The van der Waals surface area contributed by atoms with Crippen molar-refractivity contribution >= 4 is 35.1 Å². The van der Waals surface area contributed by atoms with Gasteiger partial charge in [-0.2, -0.15) is 0 Å². The maximum absolute atomic E-state index is 8.10. The Morgan fingerprint density at radius 2 is 1.14 bits per heavy atom. The molecule has 147 valence electrons. The molecule has 2 aliphatic rings. The summed E-state index contributed by atoms with van der Waals surface area (Å²) in [6.45, 7) is 9.34. The molecule has 2 aliphatic carbocycles. The SMILES string of the molecule is CCC1=Cc2ccccc2[CH]1[Zr]([Cl])([Cl])([CH]1C(CC)=Cc2ccccc21)[SiH](C)C. The van der Waals surface area contributed by atoms with Crippen LogP contribution in [-0.4, -0.2) is 5.92 Å². The topological polar surface area (TPSA) is 0 Å². The van der Waals surface area contributed by atoms with Gasteiger partial charge in [0.05, 0.1) is 0 Å². The van der Waals surface area contributed by atoms with E-state index in [0.717, 1.165) is 12.8 Å². The Morgan fingerprint density at radius 1 is 0.750 bits per heavy atom. The van der Waals surface area contributed by atoms with Crippen molar-refractivity contribution in [1.29, 1.82) is 0 Å². The Balaban J connectivity index is 2.00. The van der Waals surface area contributed by atoms with E-state index in [1.807, 2.05) is 0 Å². The fourth-order valence-corrected chi connectivity index (χ4v) is 37.4. The molecular weight excluding hydrogens is 478 g/mol. The molecule has 0 amide bonds. The van der Waals surface area contributed by atoms with Crippen molar-refractivity contribution in [3.05, 3.63) is 81.9 Å². The molecule has 0 heterocycles. The molecule has 0 radical (unpaired) electrons. The molecule has 0 bridgehead atoms. The normalized spacial score (nSPS) is 22.3. The predicted molar refractivity (Wildman–Crippen MR) is 125 cm³/mol. The van der Waals surface area contributed by atoms with E-state index >= 15 is 0 Å². The van der Waals surface area contributed by atoms with Crippen LogP contribution in [0.3, 0.4) is 0 Å². The molecule has 28 heavy (non-hydrogen) atoms. The van der Waals surface area contributed by atoms with E-state index in [2.05, 4.69) is 87.6 Å². The van der Waals surface area contributed by atoms with Crippen LogP contribution in [0.25, 0.3) is 12.2 Å². The number of benzene rings is 2. The van der Waals surface area contributed by atoms with Crippen molar-refractivity contribution in [2.45, 2.75) is 47.0 Å². The van der Waals surface area contributed by atoms with Crippen molar-refractivity contribution < 1.29 is 15.6 Å². The third kappa shape index (κ3) is 2.86. The van der Waals surface area contributed by atoms with Crippen LogP contribution in [0.2, 0.25) is 13.1 Å². The summed E-state index contributed by atoms with van der Waals surface area (Å²) >= 11 is -4.37. The van der Waals surface area contributed by atoms with Gasteiger partial charge < -0.3 is 0 Å². The zero-order valence-electron chi connectivity index (χ0n) is 17.2. The van der Waals surface area contributed by atoms with Gasteiger partial charge in [0, 0.05) is 0 Å². The Kier molecular flexibility index (Phi) is 5.50. The van der Waals surface area contributed by atoms with Gasteiger partial charge in [0.1, 0.15) is 0 Å². The molecule has 0 saturated carbocycles. The first-order valence-corrected chi connectivity index (χ1v) is 26.8. The van der Waals surface area contributed by atoms with Crippen molar-refractivity contribution in [1.82, 2.24) is 0 Å². The molecular formula is C24H29Cl2SiZr. The Labute approximate surface area is 178 Å². The third-order valence-electron chi connectivity index (χ3n) is 7.06. The molecule has 0 spiro atoms. The van der Waals surface area contributed by atoms with Crippen LogP contribution >= 0.6 is 17.0 Å². The van der Waals surface area contributed by atoms with E-state index in [0.29, 0.717) is 0 Å². The molecule has 0 nitrogen and oxygen atoms in total. The Bertz CT molecular complexity index is 916. The van der Waals surface area contributed by atoms with Gasteiger partial charge in [-0.3, -0.25) is 0 Å². The number of hydrogen-bond acceptors (Lipinski definition) is 0. The minimum absolute atomic E-state index is 0.240. The molecule has 0 N–H and O–H groups in total. The summed E-state index contributed by atoms with van der Waals surface area (Å²) in [5.41, 5.74) is 8.34. The van der Waals surface area contributed by atoms with Gasteiger partial charge in [0.2, 0.25) is 0 Å². The number of rotatable bonds is 5. The van der Waals surface area contributed by atoms with Crippen molar-refractivity contribution in [3.63, 3.8) is 0 Å². The van der Waals surface area contributed by atoms with Crippen LogP contribution in [0.4, 0.5) is 0 Å². The zero-order chi connectivity index (χ0) is 20.1. The van der Waals surface area contributed by atoms with Crippen LogP contribution in [0.1, 0.15) is 56.2 Å². The van der Waals surface area contributed by atoms with E-state index in [4.69, 9.17) is 17.0 Å². The van der Waals surface area contributed by atoms with E-state index in [9.17, 15) is 0 Å². The monoisotopic (exact) mass is 505 g/mol. The van der Waals surface area contributed by atoms with Gasteiger partial charge in [0.15, 0.2) is 0 Å². The molecule has 2 aromatic carbocycles. The standard InChI is InChI=1S/2C11H11.C2H7Si.2ClH.Zr/c2*1-2-9-7-10-5-3-4-6-11(10)8-9;1-3-2;;;/h2*3-8H,2H2,1H3;3H,1-2H3;2*1H;/q;;;;;+2/p-2. The molecule has 2 atom stereocenters. The summed E-state index contributed by atoms with van der Waals surface area (Å²) in [6.07, 6.45) is 6.79. The number of halogens is 2. The summed E-state index contributed by atoms with van der Waals surface area (Å²) in [4.78, 5) is 0.